The van der Waals surface area contributed by atoms with Crippen molar-refractivity contribution in [3.8, 4) is 34.3 Å². The van der Waals surface area contributed by atoms with Crippen molar-refractivity contribution in [2.45, 2.75) is 39.0 Å². The third kappa shape index (κ3) is 3.45. The van der Waals surface area contributed by atoms with Gasteiger partial charge in [0.2, 0.25) is 5.91 Å². The van der Waals surface area contributed by atoms with Crippen LogP contribution in [0.5, 0.6) is 11.5 Å². The highest BCUT2D eigenvalue weighted by Gasteiger charge is 2.34. The number of carbonyl (C=O) groups excluding carboxylic acids is 1. The third-order valence-corrected chi connectivity index (χ3v) is 5.88. The Morgan fingerprint density at radius 2 is 1.43 bits per heavy atom. The van der Waals surface area contributed by atoms with E-state index in [4.69, 9.17) is 5.73 Å². The highest BCUT2D eigenvalue weighted by Crippen LogP contribution is 2.40. The Balaban J connectivity index is 1.93. The van der Waals surface area contributed by atoms with E-state index < -0.39 is 5.41 Å². The van der Waals surface area contributed by atoms with Gasteiger partial charge in [-0.05, 0) is 67.5 Å². The fourth-order valence-electron chi connectivity index (χ4n) is 4.01. The monoisotopic (exact) mass is 405 g/mol. The predicted molar refractivity (Wildman–Crippen MR) is 110 cm³/mol. The molecule has 0 aromatic carbocycles. The summed E-state index contributed by atoms with van der Waals surface area (Å²) in [5, 5.41) is 29.4. The molecular weight excluding hydrogens is 382 g/mol. The summed E-state index contributed by atoms with van der Waals surface area (Å²) >= 11 is 0. The lowest BCUT2D eigenvalue weighted by Crippen LogP contribution is -2.36. The van der Waals surface area contributed by atoms with Crippen molar-refractivity contribution in [3.63, 3.8) is 0 Å². The Hall–Kier alpha value is -3.55. The number of amides is 1. The van der Waals surface area contributed by atoms with Crippen LogP contribution in [-0.2, 0) is 17.6 Å². The number of fused-ring (bicyclic) bond motifs is 1. The quantitative estimate of drug-likeness (QED) is 0.610. The molecule has 1 amide bonds. The van der Waals surface area contributed by atoms with Crippen molar-refractivity contribution in [2.24, 2.45) is 11.1 Å². The molecule has 30 heavy (non-hydrogen) atoms. The summed E-state index contributed by atoms with van der Waals surface area (Å²) in [6, 6.07) is 6.39. The molecule has 0 saturated heterocycles. The SMILES string of the molecule is CC1(C(N)=O)CCCc2c(-c3ncccc3O)nnc(-c3ncccc3O)c2CC1. The lowest BCUT2D eigenvalue weighted by atomic mass is 9.75. The Bertz CT molecular complexity index is 1120. The minimum atomic E-state index is -0.627. The number of pyridine rings is 2. The van der Waals surface area contributed by atoms with E-state index in [9.17, 15) is 15.0 Å². The van der Waals surface area contributed by atoms with E-state index in [-0.39, 0.29) is 17.4 Å². The summed E-state index contributed by atoms with van der Waals surface area (Å²) in [6.07, 6.45) is 6.20. The number of nitrogens with two attached hydrogens (primary N) is 1. The van der Waals surface area contributed by atoms with Crippen molar-refractivity contribution in [1.82, 2.24) is 20.2 Å². The van der Waals surface area contributed by atoms with Crippen LogP contribution in [-0.4, -0.2) is 36.3 Å². The molecule has 0 aliphatic heterocycles. The Labute approximate surface area is 173 Å². The molecule has 3 aromatic heterocycles. The van der Waals surface area contributed by atoms with Crippen LogP contribution >= 0.6 is 0 Å². The smallest absolute Gasteiger partial charge is 0.223 e. The maximum Gasteiger partial charge on any atom is 0.223 e. The molecule has 1 aliphatic carbocycles. The molecule has 1 atom stereocenters. The van der Waals surface area contributed by atoms with Crippen LogP contribution < -0.4 is 5.73 Å². The number of carbonyl (C=O) groups is 1. The largest absolute Gasteiger partial charge is 0.506 e. The second-order valence-electron chi connectivity index (χ2n) is 7.88. The van der Waals surface area contributed by atoms with Crippen LogP contribution in [0.4, 0.5) is 0 Å². The van der Waals surface area contributed by atoms with E-state index in [1.807, 2.05) is 6.92 Å². The van der Waals surface area contributed by atoms with E-state index in [1.54, 1.807) is 36.7 Å². The highest BCUT2D eigenvalue weighted by molar-refractivity contribution is 5.80. The van der Waals surface area contributed by atoms with Gasteiger partial charge in [-0.25, -0.2) is 0 Å². The van der Waals surface area contributed by atoms with Crippen LogP contribution in [0.2, 0.25) is 0 Å². The molecule has 0 saturated carbocycles. The first kappa shape index (κ1) is 19.8. The molecule has 4 rings (SSSR count). The lowest BCUT2D eigenvalue weighted by Gasteiger charge is -2.30. The fraction of sp³-hybridized carbons (Fsp3) is 0.318. The maximum absolute atomic E-state index is 12.1. The maximum atomic E-state index is 12.1. The number of nitrogens with zero attached hydrogens (tertiary/aromatic N) is 4. The van der Waals surface area contributed by atoms with Crippen LogP contribution in [0, 0.1) is 5.41 Å². The summed E-state index contributed by atoms with van der Waals surface area (Å²) in [4.78, 5) is 20.7. The molecule has 4 N–H and O–H groups in total. The molecule has 8 heteroatoms. The van der Waals surface area contributed by atoms with Crippen LogP contribution in [0.3, 0.4) is 0 Å². The van der Waals surface area contributed by atoms with Crippen LogP contribution in [0.1, 0.15) is 37.3 Å². The predicted octanol–water partition coefficient (Wildman–Crippen LogP) is 2.77. The van der Waals surface area contributed by atoms with Gasteiger partial charge in [-0.3, -0.25) is 14.8 Å². The van der Waals surface area contributed by atoms with E-state index in [1.165, 1.54) is 0 Å². The average molecular weight is 405 g/mol. The summed E-state index contributed by atoms with van der Waals surface area (Å²) in [5.74, 6) is -0.300. The molecule has 0 radical (unpaired) electrons. The second kappa shape index (κ2) is 7.70. The van der Waals surface area contributed by atoms with Gasteiger partial charge in [-0.15, -0.1) is 10.2 Å². The topological polar surface area (TPSA) is 135 Å². The molecule has 3 aromatic rings. The van der Waals surface area contributed by atoms with Crippen molar-refractivity contribution in [1.29, 1.82) is 0 Å². The van der Waals surface area contributed by atoms with Crippen molar-refractivity contribution >= 4 is 5.91 Å². The van der Waals surface area contributed by atoms with Gasteiger partial charge in [-0.2, -0.15) is 0 Å². The minimum Gasteiger partial charge on any atom is -0.506 e. The Morgan fingerprint density at radius 3 is 1.93 bits per heavy atom. The summed E-state index contributed by atoms with van der Waals surface area (Å²) in [5.41, 5.74) is 8.46. The zero-order valence-electron chi connectivity index (χ0n) is 16.7. The van der Waals surface area contributed by atoms with Gasteiger partial charge in [0.1, 0.15) is 34.3 Å². The van der Waals surface area contributed by atoms with Gasteiger partial charge in [0.25, 0.3) is 0 Å². The second-order valence-corrected chi connectivity index (χ2v) is 7.88. The third-order valence-electron chi connectivity index (χ3n) is 5.88. The van der Waals surface area contributed by atoms with Gasteiger partial charge in [0, 0.05) is 17.8 Å². The van der Waals surface area contributed by atoms with Crippen LogP contribution in [0.15, 0.2) is 36.7 Å². The van der Waals surface area contributed by atoms with E-state index in [0.717, 1.165) is 11.1 Å². The summed E-state index contributed by atoms with van der Waals surface area (Å²) in [6.45, 7) is 1.89. The summed E-state index contributed by atoms with van der Waals surface area (Å²) in [7, 11) is 0. The number of aromatic nitrogens is 4. The fourth-order valence-corrected chi connectivity index (χ4v) is 4.01. The van der Waals surface area contributed by atoms with Crippen LogP contribution in [0.25, 0.3) is 22.8 Å². The van der Waals surface area contributed by atoms with E-state index in [0.29, 0.717) is 54.9 Å². The number of hydrogen-bond acceptors (Lipinski definition) is 7. The first-order valence-corrected chi connectivity index (χ1v) is 9.88. The number of hydrogen-bond donors (Lipinski definition) is 3. The minimum absolute atomic E-state index is 0.00200. The van der Waals surface area contributed by atoms with E-state index >= 15 is 0 Å². The van der Waals surface area contributed by atoms with Gasteiger partial charge in [0.15, 0.2) is 0 Å². The molecule has 0 spiro atoms. The van der Waals surface area contributed by atoms with E-state index in [2.05, 4.69) is 20.2 Å². The zero-order chi connectivity index (χ0) is 21.3. The Morgan fingerprint density at radius 1 is 0.900 bits per heavy atom. The first-order valence-electron chi connectivity index (χ1n) is 9.88. The zero-order valence-corrected chi connectivity index (χ0v) is 16.7. The average Bonchev–Trinajstić information content (AvgIpc) is 2.72. The van der Waals surface area contributed by atoms with Gasteiger partial charge in [0.05, 0.1) is 0 Å². The standard InChI is InChI=1S/C22H23N5O3/c1-22(21(23)30)9-2-5-13-14(8-10-22)18(20-16(29)7-4-12-25-20)27-26-17(13)19-15(28)6-3-11-24-19/h3-4,6-7,11-12,28-29H,2,5,8-10H2,1H3,(H2,23,30). The Kier molecular flexibility index (Phi) is 5.07. The number of aromatic hydroxyl groups is 2. The molecule has 1 aliphatic rings. The molecule has 1 unspecified atom stereocenters. The normalized spacial score (nSPS) is 18.8. The van der Waals surface area contributed by atoms with Gasteiger partial charge in [-0.1, -0.05) is 6.92 Å². The van der Waals surface area contributed by atoms with Crippen molar-refractivity contribution in [3.05, 3.63) is 47.8 Å². The molecule has 3 heterocycles. The molecular formula is C22H23N5O3. The first-order chi connectivity index (χ1) is 14.4. The van der Waals surface area contributed by atoms with Gasteiger partial charge < -0.3 is 15.9 Å². The lowest BCUT2D eigenvalue weighted by molar-refractivity contribution is -0.127. The summed E-state index contributed by atoms with van der Waals surface area (Å²) < 4.78 is 0. The van der Waals surface area contributed by atoms with Crippen molar-refractivity contribution < 1.29 is 15.0 Å². The number of primary amides is 1. The molecule has 0 fully saturated rings. The molecule has 8 nitrogen and oxygen atoms in total. The highest BCUT2D eigenvalue weighted by atomic mass is 16.3. The van der Waals surface area contributed by atoms with Gasteiger partial charge >= 0.3 is 0 Å². The van der Waals surface area contributed by atoms with Crippen molar-refractivity contribution in [2.75, 3.05) is 0 Å². The molecule has 154 valence electrons. The molecule has 0 bridgehead atoms. The number of rotatable bonds is 3.